The minimum absolute atomic E-state index is 0.221. The first kappa shape index (κ1) is 14.1. The Hall–Kier alpha value is -1.81. The van der Waals surface area contributed by atoms with Crippen molar-refractivity contribution in [3.05, 3.63) is 46.3 Å². The van der Waals surface area contributed by atoms with Gasteiger partial charge in [-0.15, -0.1) is 0 Å². The highest BCUT2D eigenvalue weighted by Crippen LogP contribution is 2.36. The van der Waals surface area contributed by atoms with Crippen LogP contribution in [-0.4, -0.2) is 12.3 Å². The van der Waals surface area contributed by atoms with Crippen molar-refractivity contribution in [2.45, 2.75) is 45.7 Å². The van der Waals surface area contributed by atoms with E-state index in [0.29, 0.717) is 6.04 Å². The first-order chi connectivity index (χ1) is 10.1. The Kier molecular flexibility index (Phi) is 3.72. The minimum Gasteiger partial charge on any atom is -0.497 e. The van der Waals surface area contributed by atoms with Crippen molar-refractivity contribution >= 4 is 0 Å². The Morgan fingerprint density at radius 3 is 2.86 bits per heavy atom. The van der Waals surface area contributed by atoms with E-state index in [-0.39, 0.29) is 6.04 Å². The van der Waals surface area contributed by atoms with Crippen LogP contribution in [0, 0.1) is 13.8 Å². The molecule has 0 amide bonds. The van der Waals surface area contributed by atoms with Gasteiger partial charge in [0.1, 0.15) is 11.5 Å². The Morgan fingerprint density at radius 2 is 2.19 bits per heavy atom. The molecule has 3 rings (SSSR count). The van der Waals surface area contributed by atoms with Crippen LogP contribution in [0.3, 0.4) is 0 Å². The zero-order valence-electron chi connectivity index (χ0n) is 13.1. The first-order valence-electron chi connectivity index (χ1n) is 7.45. The molecule has 0 saturated carbocycles. The molecule has 1 aliphatic carbocycles. The van der Waals surface area contributed by atoms with Crippen LogP contribution in [0.5, 0.6) is 5.75 Å². The maximum Gasteiger partial charge on any atom is 0.138 e. The molecule has 0 bridgehead atoms. The van der Waals surface area contributed by atoms with Crippen LogP contribution < -0.4 is 10.1 Å². The fraction of sp³-hybridized carbons (Fsp3) is 0.471. The average Bonchev–Trinajstić information content (AvgIpc) is 3.02. The summed E-state index contributed by atoms with van der Waals surface area (Å²) in [5.74, 6) is 1.82. The van der Waals surface area contributed by atoms with Crippen LogP contribution in [0.2, 0.25) is 0 Å². The van der Waals surface area contributed by atoms with Gasteiger partial charge < -0.3 is 14.6 Å². The molecular formula is C17H22N2O2. The molecule has 2 atom stereocenters. The SMILES string of the molecule is COc1ccc2c(c1)C(NC(C)c1c(C)noc1C)CC2. The molecule has 1 N–H and O–H groups in total. The van der Waals surface area contributed by atoms with Gasteiger partial charge in [-0.1, -0.05) is 11.2 Å². The van der Waals surface area contributed by atoms with Gasteiger partial charge in [0, 0.05) is 17.6 Å². The number of aromatic nitrogens is 1. The van der Waals surface area contributed by atoms with Gasteiger partial charge in [-0.3, -0.25) is 0 Å². The van der Waals surface area contributed by atoms with Gasteiger partial charge in [0.15, 0.2) is 0 Å². The largest absolute Gasteiger partial charge is 0.497 e. The van der Waals surface area contributed by atoms with Crippen molar-refractivity contribution in [3.63, 3.8) is 0 Å². The van der Waals surface area contributed by atoms with Crippen molar-refractivity contribution in [3.8, 4) is 5.75 Å². The fourth-order valence-electron chi connectivity index (χ4n) is 3.37. The number of benzene rings is 1. The molecule has 21 heavy (non-hydrogen) atoms. The van der Waals surface area contributed by atoms with Crippen LogP contribution in [0.25, 0.3) is 0 Å². The molecule has 4 nitrogen and oxygen atoms in total. The van der Waals surface area contributed by atoms with Crippen LogP contribution in [-0.2, 0) is 6.42 Å². The molecule has 2 aromatic rings. The standard InChI is InChI=1S/C17H22N2O2/c1-10(17-11(2)19-21-12(17)3)18-16-8-6-13-5-7-14(20-4)9-15(13)16/h5,7,9-10,16,18H,6,8H2,1-4H3. The van der Waals surface area contributed by atoms with E-state index in [9.17, 15) is 0 Å². The molecule has 0 radical (unpaired) electrons. The molecule has 0 spiro atoms. The molecule has 2 unspecified atom stereocenters. The third-order valence-corrected chi connectivity index (χ3v) is 4.40. The summed E-state index contributed by atoms with van der Waals surface area (Å²) in [6.07, 6.45) is 2.24. The fourth-order valence-corrected chi connectivity index (χ4v) is 3.37. The maximum absolute atomic E-state index is 5.35. The summed E-state index contributed by atoms with van der Waals surface area (Å²) in [6, 6.07) is 6.95. The number of hydrogen-bond donors (Lipinski definition) is 1. The van der Waals surface area contributed by atoms with Crippen molar-refractivity contribution in [2.75, 3.05) is 7.11 Å². The van der Waals surface area contributed by atoms with E-state index in [1.165, 1.54) is 16.7 Å². The van der Waals surface area contributed by atoms with Gasteiger partial charge in [0.2, 0.25) is 0 Å². The number of methoxy groups -OCH3 is 1. The number of nitrogens with zero attached hydrogens (tertiary/aromatic N) is 1. The number of ether oxygens (including phenoxy) is 1. The highest BCUT2D eigenvalue weighted by molar-refractivity contribution is 5.41. The van der Waals surface area contributed by atoms with Gasteiger partial charge in [0.25, 0.3) is 0 Å². The molecule has 0 saturated heterocycles. The molecule has 0 fully saturated rings. The second kappa shape index (κ2) is 5.53. The lowest BCUT2D eigenvalue weighted by molar-refractivity contribution is 0.388. The third kappa shape index (κ3) is 2.56. The van der Waals surface area contributed by atoms with Gasteiger partial charge in [-0.25, -0.2) is 0 Å². The summed E-state index contributed by atoms with van der Waals surface area (Å²) in [5, 5.41) is 7.76. The Morgan fingerprint density at radius 1 is 1.38 bits per heavy atom. The molecular weight excluding hydrogens is 264 g/mol. The van der Waals surface area contributed by atoms with E-state index in [1.807, 2.05) is 19.9 Å². The van der Waals surface area contributed by atoms with Crippen molar-refractivity contribution in [1.29, 1.82) is 0 Å². The second-order valence-corrected chi connectivity index (χ2v) is 5.78. The lowest BCUT2D eigenvalue weighted by atomic mass is 10.0. The minimum atomic E-state index is 0.221. The van der Waals surface area contributed by atoms with E-state index >= 15 is 0 Å². The number of fused-ring (bicyclic) bond motifs is 1. The molecule has 1 aliphatic rings. The average molecular weight is 286 g/mol. The van der Waals surface area contributed by atoms with Gasteiger partial charge >= 0.3 is 0 Å². The summed E-state index contributed by atoms with van der Waals surface area (Å²) in [6.45, 7) is 6.14. The number of rotatable bonds is 4. The Bertz CT molecular complexity index is 629. The molecule has 4 heteroatoms. The van der Waals surface area contributed by atoms with Crippen molar-refractivity contribution in [1.82, 2.24) is 10.5 Å². The third-order valence-electron chi connectivity index (χ3n) is 4.40. The van der Waals surface area contributed by atoms with Gasteiger partial charge in [0.05, 0.1) is 12.8 Å². The van der Waals surface area contributed by atoms with Crippen LogP contribution in [0.1, 0.15) is 53.6 Å². The molecule has 112 valence electrons. The molecule has 1 aromatic carbocycles. The van der Waals surface area contributed by atoms with Gasteiger partial charge in [-0.2, -0.15) is 0 Å². The zero-order valence-corrected chi connectivity index (χ0v) is 13.1. The number of nitrogens with one attached hydrogen (secondary N) is 1. The summed E-state index contributed by atoms with van der Waals surface area (Å²) in [4.78, 5) is 0. The van der Waals surface area contributed by atoms with Crippen LogP contribution >= 0.6 is 0 Å². The number of hydrogen-bond acceptors (Lipinski definition) is 4. The van der Waals surface area contributed by atoms with Crippen LogP contribution in [0.15, 0.2) is 22.7 Å². The van der Waals surface area contributed by atoms with Gasteiger partial charge in [-0.05, 0) is 56.9 Å². The van der Waals surface area contributed by atoms with E-state index in [0.717, 1.165) is 30.0 Å². The summed E-state index contributed by atoms with van der Waals surface area (Å²) < 4.78 is 10.6. The quantitative estimate of drug-likeness (QED) is 0.932. The van der Waals surface area contributed by atoms with E-state index in [4.69, 9.17) is 9.26 Å². The monoisotopic (exact) mass is 286 g/mol. The lowest BCUT2D eigenvalue weighted by Crippen LogP contribution is -2.23. The van der Waals surface area contributed by atoms with Crippen LogP contribution in [0.4, 0.5) is 0 Å². The van der Waals surface area contributed by atoms with E-state index in [1.54, 1.807) is 7.11 Å². The molecule has 1 heterocycles. The van der Waals surface area contributed by atoms with Crippen molar-refractivity contribution in [2.24, 2.45) is 0 Å². The second-order valence-electron chi connectivity index (χ2n) is 5.78. The highest BCUT2D eigenvalue weighted by atomic mass is 16.5. The summed E-state index contributed by atoms with van der Waals surface area (Å²) >= 11 is 0. The number of aryl methyl sites for hydroxylation is 3. The first-order valence-corrected chi connectivity index (χ1v) is 7.45. The Labute approximate surface area is 125 Å². The summed E-state index contributed by atoms with van der Waals surface area (Å²) in [5.41, 5.74) is 4.91. The van der Waals surface area contributed by atoms with Crippen molar-refractivity contribution < 1.29 is 9.26 Å². The molecule has 0 aliphatic heterocycles. The zero-order chi connectivity index (χ0) is 15.0. The molecule has 1 aromatic heterocycles. The highest BCUT2D eigenvalue weighted by Gasteiger charge is 2.26. The smallest absolute Gasteiger partial charge is 0.138 e. The van der Waals surface area contributed by atoms with E-state index < -0.39 is 0 Å². The van der Waals surface area contributed by atoms with E-state index in [2.05, 4.69) is 29.5 Å². The predicted molar refractivity (Wildman–Crippen MR) is 81.6 cm³/mol. The summed E-state index contributed by atoms with van der Waals surface area (Å²) in [7, 11) is 1.71. The normalized spacial score (nSPS) is 18.6. The topological polar surface area (TPSA) is 47.3 Å². The lowest BCUT2D eigenvalue weighted by Gasteiger charge is -2.20. The Balaban J connectivity index is 1.82. The predicted octanol–water partition coefficient (Wildman–Crippen LogP) is 3.64. The maximum atomic E-state index is 5.35.